The molecule has 1 amide bonds. The Morgan fingerprint density at radius 3 is 3.00 bits per heavy atom. The first-order chi connectivity index (χ1) is 10.6. The summed E-state index contributed by atoms with van der Waals surface area (Å²) in [5, 5.41) is 0. The van der Waals surface area contributed by atoms with Gasteiger partial charge in [-0.25, -0.2) is 0 Å². The first-order valence-corrected chi connectivity index (χ1v) is 8.36. The highest BCUT2D eigenvalue weighted by Crippen LogP contribution is 2.35. The van der Waals surface area contributed by atoms with Crippen molar-refractivity contribution in [3.8, 4) is 5.75 Å². The number of hydrogen-bond acceptors (Lipinski definition) is 3. The molecule has 2 fully saturated rings. The molecule has 3 unspecified atom stereocenters. The minimum Gasteiger partial charge on any atom is -0.493 e. The normalized spacial score (nSPS) is 27.5. The third-order valence-electron chi connectivity index (χ3n) is 5.08. The van der Waals surface area contributed by atoms with Crippen molar-refractivity contribution in [2.75, 3.05) is 19.7 Å². The van der Waals surface area contributed by atoms with Gasteiger partial charge in [0, 0.05) is 19.1 Å². The number of aryl methyl sites for hydroxylation is 1. The van der Waals surface area contributed by atoms with E-state index in [2.05, 4.69) is 0 Å². The van der Waals surface area contributed by atoms with E-state index in [0.717, 1.165) is 25.3 Å². The number of nitrogens with zero attached hydrogens (tertiary/aromatic N) is 1. The Bertz CT molecular complexity index is 532. The summed E-state index contributed by atoms with van der Waals surface area (Å²) >= 11 is 0. The van der Waals surface area contributed by atoms with Crippen molar-refractivity contribution < 1.29 is 9.53 Å². The average molecular weight is 302 g/mol. The molecule has 1 heterocycles. The molecule has 1 aromatic rings. The fraction of sp³-hybridized carbons (Fsp3) is 0.611. The molecule has 1 saturated carbocycles. The highest BCUT2D eigenvalue weighted by Gasteiger charge is 2.40. The van der Waals surface area contributed by atoms with Crippen LogP contribution in [-0.4, -0.2) is 36.5 Å². The van der Waals surface area contributed by atoms with E-state index in [9.17, 15) is 4.79 Å². The number of amides is 1. The van der Waals surface area contributed by atoms with Gasteiger partial charge < -0.3 is 15.4 Å². The maximum absolute atomic E-state index is 12.4. The van der Waals surface area contributed by atoms with Crippen LogP contribution in [-0.2, 0) is 4.79 Å². The minimum absolute atomic E-state index is 0.203. The molecule has 1 saturated heterocycles. The monoisotopic (exact) mass is 302 g/mol. The van der Waals surface area contributed by atoms with E-state index in [4.69, 9.17) is 10.5 Å². The number of carbonyl (C=O) groups excluding carboxylic acids is 1. The van der Waals surface area contributed by atoms with Crippen molar-refractivity contribution in [1.29, 1.82) is 0 Å². The van der Waals surface area contributed by atoms with Crippen LogP contribution in [0.4, 0.5) is 0 Å². The largest absolute Gasteiger partial charge is 0.493 e. The van der Waals surface area contributed by atoms with Gasteiger partial charge in [0.15, 0.2) is 0 Å². The summed E-state index contributed by atoms with van der Waals surface area (Å²) in [4.78, 5) is 14.4. The number of carbonyl (C=O) groups is 1. The molecule has 0 bridgehead atoms. The van der Waals surface area contributed by atoms with Crippen LogP contribution < -0.4 is 10.5 Å². The van der Waals surface area contributed by atoms with E-state index in [-0.39, 0.29) is 11.9 Å². The van der Waals surface area contributed by atoms with Gasteiger partial charge in [0.05, 0.1) is 13.0 Å². The third-order valence-corrected chi connectivity index (χ3v) is 5.08. The lowest BCUT2D eigenvalue weighted by Gasteiger charge is -2.29. The van der Waals surface area contributed by atoms with Gasteiger partial charge in [0.25, 0.3) is 0 Å². The van der Waals surface area contributed by atoms with Gasteiger partial charge in [-0.15, -0.1) is 0 Å². The van der Waals surface area contributed by atoms with Crippen molar-refractivity contribution in [2.45, 2.75) is 38.6 Å². The van der Waals surface area contributed by atoms with Crippen LogP contribution in [0.5, 0.6) is 5.75 Å². The van der Waals surface area contributed by atoms with E-state index in [1.807, 2.05) is 36.1 Å². The maximum Gasteiger partial charge on any atom is 0.226 e. The fourth-order valence-electron chi connectivity index (χ4n) is 3.84. The van der Waals surface area contributed by atoms with Gasteiger partial charge in [-0.2, -0.15) is 0 Å². The van der Waals surface area contributed by atoms with Gasteiger partial charge >= 0.3 is 0 Å². The van der Waals surface area contributed by atoms with E-state index in [1.165, 1.54) is 18.4 Å². The first-order valence-electron chi connectivity index (χ1n) is 8.36. The molecule has 4 heteroatoms. The van der Waals surface area contributed by atoms with Gasteiger partial charge in [0.1, 0.15) is 5.75 Å². The smallest absolute Gasteiger partial charge is 0.226 e. The topological polar surface area (TPSA) is 55.6 Å². The second-order valence-corrected chi connectivity index (χ2v) is 6.73. The summed E-state index contributed by atoms with van der Waals surface area (Å²) in [5.41, 5.74) is 7.38. The molecule has 1 aromatic carbocycles. The molecule has 3 atom stereocenters. The maximum atomic E-state index is 12.4. The van der Waals surface area contributed by atoms with E-state index in [0.29, 0.717) is 24.9 Å². The Kier molecular flexibility index (Phi) is 4.67. The molecule has 1 aliphatic heterocycles. The SMILES string of the molecule is Cc1cccc(OCCC(=O)N2CC3CCCC(N)C3C2)c1. The molecule has 22 heavy (non-hydrogen) atoms. The van der Waals surface area contributed by atoms with Gasteiger partial charge in [-0.3, -0.25) is 4.79 Å². The lowest BCUT2D eigenvalue weighted by atomic mass is 9.78. The number of benzene rings is 1. The van der Waals surface area contributed by atoms with Crippen LogP contribution in [0.25, 0.3) is 0 Å². The van der Waals surface area contributed by atoms with E-state index >= 15 is 0 Å². The Morgan fingerprint density at radius 2 is 2.23 bits per heavy atom. The van der Waals surface area contributed by atoms with Crippen LogP contribution in [0.15, 0.2) is 24.3 Å². The lowest BCUT2D eigenvalue weighted by molar-refractivity contribution is -0.130. The summed E-state index contributed by atoms with van der Waals surface area (Å²) in [5.74, 6) is 2.17. The fourth-order valence-corrected chi connectivity index (χ4v) is 3.84. The van der Waals surface area contributed by atoms with Crippen molar-refractivity contribution >= 4 is 5.91 Å². The van der Waals surface area contributed by atoms with Crippen LogP contribution in [0.3, 0.4) is 0 Å². The number of likely N-dealkylation sites (tertiary alicyclic amines) is 1. The van der Waals surface area contributed by atoms with Crippen molar-refractivity contribution in [1.82, 2.24) is 4.90 Å². The molecule has 1 aliphatic carbocycles. The molecule has 2 N–H and O–H groups in total. The molecule has 2 aliphatic rings. The molecular weight excluding hydrogens is 276 g/mol. The summed E-state index contributed by atoms with van der Waals surface area (Å²) in [7, 11) is 0. The van der Waals surface area contributed by atoms with Crippen LogP contribution >= 0.6 is 0 Å². The summed E-state index contributed by atoms with van der Waals surface area (Å²) in [6, 6.07) is 8.21. The number of fused-ring (bicyclic) bond motifs is 1. The molecule has 0 radical (unpaired) electrons. The Balaban J connectivity index is 1.46. The van der Waals surface area contributed by atoms with Gasteiger partial charge in [0.2, 0.25) is 5.91 Å². The predicted molar refractivity (Wildman–Crippen MR) is 86.7 cm³/mol. The number of rotatable bonds is 4. The van der Waals surface area contributed by atoms with E-state index in [1.54, 1.807) is 0 Å². The summed E-state index contributed by atoms with van der Waals surface area (Å²) in [6.45, 7) is 4.21. The predicted octanol–water partition coefficient (Wildman–Crippen LogP) is 2.35. The third kappa shape index (κ3) is 3.43. The Hall–Kier alpha value is -1.55. The lowest BCUT2D eigenvalue weighted by Crippen LogP contribution is -2.38. The highest BCUT2D eigenvalue weighted by molar-refractivity contribution is 5.76. The quantitative estimate of drug-likeness (QED) is 0.929. The van der Waals surface area contributed by atoms with Crippen molar-refractivity contribution in [3.63, 3.8) is 0 Å². The van der Waals surface area contributed by atoms with E-state index < -0.39 is 0 Å². The molecule has 0 spiro atoms. The zero-order valence-electron chi connectivity index (χ0n) is 13.3. The molecule has 120 valence electrons. The average Bonchev–Trinajstić information content (AvgIpc) is 2.93. The second kappa shape index (κ2) is 6.69. The zero-order chi connectivity index (χ0) is 15.5. The van der Waals surface area contributed by atoms with Crippen LogP contribution in [0, 0.1) is 18.8 Å². The summed E-state index contributed by atoms with van der Waals surface area (Å²) in [6.07, 6.45) is 3.99. The zero-order valence-corrected chi connectivity index (χ0v) is 13.3. The Morgan fingerprint density at radius 1 is 1.36 bits per heavy atom. The molecule has 3 rings (SSSR count). The second-order valence-electron chi connectivity index (χ2n) is 6.73. The van der Waals surface area contributed by atoms with Crippen LogP contribution in [0.1, 0.15) is 31.2 Å². The van der Waals surface area contributed by atoms with Crippen molar-refractivity contribution in [3.05, 3.63) is 29.8 Å². The van der Waals surface area contributed by atoms with Crippen molar-refractivity contribution in [2.24, 2.45) is 17.6 Å². The number of ether oxygens (including phenoxy) is 1. The highest BCUT2D eigenvalue weighted by atomic mass is 16.5. The number of hydrogen-bond donors (Lipinski definition) is 1. The van der Waals surface area contributed by atoms with Crippen LogP contribution in [0.2, 0.25) is 0 Å². The Labute approximate surface area is 132 Å². The molecule has 4 nitrogen and oxygen atoms in total. The minimum atomic E-state index is 0.203. The summed E-state index contributed by atoms with van der Waals surface area (Å²) < 4.78 is 5.68. The van der Waals surface area contributed by atoms with Gasteiger partial charge in [-0.1, -0.05) is 18.6 Å². The van der Waals surface area contributed by atoms with Gasteiger partial charge in [-0.05, 0) is 49.3 Å². The number of nitrogens with two attached hydrogens (primary N) is 1. The standard InChI is InChI=1S/C18H26N2O2/c1-13-4-2-6-15(10-13)22-9-8-18(21)20-11-14-5-3-7-17(19)16(14)12-20/h2,4,6,10,14,16-17H,3,5,7-9,11-12,19H2,1H3. The molecular formula is C18H26N2O2. The first kappa shape index (κ1) is 15.3. The molecule has 0 aromatic heterocycles.